The molecule has 2 aliphatic rings. The van der Waals surface area contributed by atoms with Gasteiger partial charge in [-0.25, -0.2) is 4.79 Å². The quantitative estimate of drug-likeness (QED) is 0.624. The molecule has 0 spiro atoms. The molecule has 0 amide bonds. The minimum atomic E-state index is -0.997. The molecule has 4 heteroatoms. The Kier molecular flexibility index (Phi) is 1.66. The molecule has 2 rings (SSSR count). The van der Waals surface area contributed by atoms with E-state index in [-0.39, 0.29) is 5.57 Å². The van der Waals surface area contributed by atoms with Crippen LogP contribution in [0.5, 0.6) is 0 Å². The van der Waals surface area contributed by atoms with E-state index in [0.29, 0.717) is 11.5 Å². The first-order chi connectivity index (χ1) is 6.27. The number of carboxylic acid groups (broad SMARTS) is 1. The molecule has 0 aromatic rings. The van der Waals surface area contributed by atoms with Gasteiger partial charge in [-0.15, -0.1) is 0 Å². The number of hydrogen-bond acceptors (Lipinski definition) is 3. The summed E-state index contributed by atoms with van der Waals surface area (Å²) in [6.45, 7) is 0. The highest BCUT2D eigenvalue weighted by atomic mass is 16.5. The maximum atomic E-state index is 10.6. The Morgan fingerprint density at radius 2 is 2.38 bits per heavy atom. The molecule has 0 aromatic heterocycles. The summed E-state index contributed by atoms with van der Waals surface area (Å²) in [5.74, 6) is -0.365. The van der Waals surface area contributed by atoms with E-state index in [9.17, 15) is 4.79 Å². The fraction of sp³-hybridized carbons (Fsp3) is 0. The zero-order valence-electron chi connectivity index (χ0n) is 6.65. The third-order valence-corrected chi connectivity index (χ3v) is 1.71. The predicted octanol–water partition coefficient (Wildman–Crippen LogP) is 0.870. The smallest absolute Gasteiger partial charge is 0.338 e. The summed E-state index contributed by atoms with van der Waals surface area (Å²) in [4.78, 5) is 10.6. The van der Waals surface area contributed by atoms with Crippen LogP contribution in [0.1, 0.15) is 0 Å². The molecule has 0 aliphatic carbocycles. The zero-order valence-corrected chi connectivity index (χ0v) is 6.65. The summed E-state index contributed by atoms with van der Waals surface area (Å²) >= 11 is 0. The average Bonchev–Trinajstić information content (AvgIpc) is 2.17. The number of ether oxygens (including phenoxy) is 1. The summed E-state index contributed by atoms with van der Waals surface area (Å²) in [7, 11) is 0. The van der Waals surface area contributed by atoms with Gasteiger partial charge in [0.25, 0.3) is 0 Å². The normalized spacial score (nSPS) is 18.6. The summed E-state index contributed by atoms with van der Waals surface area (Å²) in [6.07, 6.45) is 8.01. The second-order valence-corrected chi connectivity index (χ2v) is 2.59. The van der Waals surface area contributed by atoms with Crippen molar-refractivity contribution in [1.82, 2.24) is 5.32 Å². The summed E-state index contributed by atoms with van der Waals surface area (Å²) in [6, 6.07) is 0. The Morgan fingerprint density at radius 3 is 3.15 bits per heavy atom. The molecule has 4 nitrogen and oxygen atoms in total. The first-order valence-electron chi connectivity index (χ1n) is 3.73. The van der Waals surface area contributed by atoms with Crippen LogP contribution in [0.3, 0.4) is 0 Å². The monoisotopic (exact) mass is 177 g/mol. The molecule has 0 fully saturated rings. The molecule has 2 heterocycles. The van der Waals surface area contributed by atoms with Gasteiger partial charge in [-0.05, 0) is 18.2 Å². The number of dihydropyridines is 1. The van der Waals surface area contributed by atoms with Gasteiger partial charge >= 0.3 is 5.97 Å². The molecular formula is C9H7NO3. The molecule has 0 bridgehead atoms. The maximum Gasteiger partial charge on any atom is 0.338 e. The Labute approximate surface area is 74.5 Å². The van der Waals surface area contributed by atoms with E-state index in [0.717, 1.165) is 0 Å². The number of allylic oxidation sites excluding steroid dienone is 2. The van der Waals surface area contributed by atoms with Crippen LogP contribution in [0.4, 0.5) is 0 Å². The van der Waals surface area contributed by atoms with Gasteiger partial charge in [0, 0.05) is 6.20 Å². The average molecular weight is 177 g/mol. The van der Waals surface area contributed by atoms with Crippen LogP contribution in [0.15, 0.2) is 47.7 Å². The van der Waals surface area contributed by atoms with Crippen LogP contribution in [-0.4, -0.2) is 11.1 Å². The Bertz CT molecular complexity index is 374. The van der Waals surface area contributed by atoms with Crippen molar-refractivity contribution in [2.24, 2.45) is 0 Å². The number of rotatable bonds is 1. The van der Waals surface area contributed by atoms with Gasteiger partial charge in [-0.1, -0.05) is 0 Å². The lowest BCUT2D eigenvalue weighted by molar-refractivity contribution is -0.132. The maximum absolute atomic E-state index is 10.6. The van der Waals surface area contributed by atoms with Gasteiger partial charge in [0.05, 0.1) is 11.3 Å². The summed E-state index contributed by atoms with van der Waals surface area (Å²) in [5, 5.41) is 11.6. The lowest BCUT2D eigenvalue weighted by Crippen LogP contribution is -2.16. The van der Waals surface area contributed by atoms with Crippen LogP contribution < -0.4 is 5.32 Å². The fourth-order valence-electron chi connectivity index (χ4n) is 1.08. The number of carbonyl (C=O) groups is 1. The van der Waals surface area contributed by atoms with Gasteiger partial charge in [0.1, 0.15) is 12.0 Å². The van der Waals surface area contributed by atoms with Crippen molar-refractivity contribution < 1.29 is 14.6 Å². The molecule has 0 saturated heterocycles. The molecule has 13 heavy (non-hydrogen) atoms. The highest BCUT2D eigenvalue weighted by Gasteiger charge is 2.16. The van der Waals surface area contributed by atoms with E-state index in [1.807, 2.05) is 0 Å². The molecule has 0 saturated carbocycles. The predicted molar refractivity (Wildman–Crippen MR) is 45.2 cm³/mol. The number of carboxylic acids is 1. The Hall–Kier alpha value is -1.97. The first-order valence-corrected chi connectivity index (χ1v) is 3.73. The molecule has 66 valence electrons. The number of hydrogen-bond donors (Lipinski definition) is 2. The Morgan fingerprint density at radius 1 is 1.54 bits per heavy atom. The van der Waals surface area contributed by atoms with Crippen LogP contribution in [0.2, 0.25) is 0 Å². The number of aliphatic carboxylic acids is 1. The van der Waals surface area contributed by atoms with E-state index < -0.39 is 5.97 Å². The largest absolute Gasteiger partial charge is 0.478 e. The molecule has 0 unspecified atom stereocenters. The van der Waals surface area contributed by atoms with Crippen molar-refractivity contribution in [3.8, 4) is 0 Å². The van der Waals surface area contributed by atoms with Crippen molar-refractivity contribution in [3.05, 3.63) is 47.7 Å². The summed E-state index contributed by atoms with van der Waals surface area (Å²) < 4.78 is 5.09. The topological polar surface area (TPSA) is 58.6 Å². The van der Waals surface area contributed by atoms with Crippen LogP contribution in [0.25, 0.3) is 0 Å². The van der Waals surface area contributed by atoms with Crippen molar-refractivity contribution >= 4 is 5.97 Å². The SMILES string of the molecule is O=C(O)C1=COC2=CC=CNC2=C1. The molecule has 0 radical (unpaired) electrons. The van der Waals surface area contributed by atoms with Gasteiger partial charge in [0.15, 0.2) is 0 Å². The van der Waals surface area contributed by atoms with Crippen LogP contribution >= 0.6 is 0 Å². The van der Waals surface area contributed by atoms with Crippen molar-refractivity contribution in [2.75, 3.05) is 0 Å². The minimum absolute atomic E-state index is 0.134. The van der Waals surface area contributed by atoms with Crippen molar-refractivity contribution in [3.63, 3.8) is 0 Å². The Balaban J connectivity index is 2.32. The molecule has 0 aromatic carbocycles. The first kappa shape index (κ1) is 7.67. The standard InChI is InChI=1S/C9H7NO3/c11-9(12)6-4-7-8(13-5-6)2-1-3-10-7/h1-5,10H,(H,11,12). The zero-order chi connectivity index (χ0) is 9.26. The number of nitrogens with one attached hydrogen (secondary N) is 1. The molecular weight excluding hydrogens is 170 g/mol. The second kappa shape index (κ2) is 2.82. The van der Waals surface area contributed by atoms with E-state index in [1.54, 1.807) is 18.4 Å². The van der Waals surface area contributed by atoms with E-state index in [4.69, 9.17) is 9.84 Å². The molecule has 0 atom stereocenters. The number of fused-ring (bicyclic) bond motifs is 1. The van der Waals surface area contributed by atoms with Crippen LogP contribution in [0, 0.1) is 0 Å². The van der Waals surface area contributed by atoms with E-state index >= 15 is 0 Å². The van der Waals surface area contributed by atoms with Gasteiger partial charge in [-0.2, -0.15) is 0 Å². The minimum Gasteiger partial charge on any atom is -0.478 e. The van der Waals surface area contributed by atoms with Crippen LogP contribution in [-0.2, 0) is 9.53 Å². The lowest BCUT2D eigenvalue weighted by Gasteiger charge is -2.17. The van der Waals surface area contributed by atoms with Gasteiger partial charge in [0.2, 0.25) is 0 Å². The highest BCUT2D eigenvalue weighted by molar-refractivity contribution is 5.90. The highest BCUT2D eigenvalue weighted by Crippen LogP contribution is 2.20. The van der Waals surface area contributed by atoms with Crippen molar-refractivity contribution in [1.29, 1.82) is 0 Å². The fourth-order valence-corrected chi connectivity index (χ4v) is 1.08. The lowest BCUT2D eigenvalue weighted by atomic mass is 10.1. The van der Waals surface area contributed by atoms with Crippen molar-refractivity contribution in [2.45, 2.75) is 0 Å². The second-order valence-electron chi connectivity index (χ2n) is 2.59. The van der Waals surface area contributed by atoms with Gasteiger partial charge < -0.3 is 15.2 Å². The molecule has 2 aliphatic heterocycles. The van der Waals surface area contributed by atoms with Gasteiger partial charge in [-0.3, -0.25) is 0 Å². The summed E-state index contributed by atoms with van der Waals surface area (Å²) in [5.41, 5.74) is 0.803. The third-order valence-electron chi connectivity index (χ3n) is 1.71. The van der Waals surface area contributed by atoms with E-state index in [2.05, 4.69) is 5.32 Å². The molecule has 2 N–H and O–H groups in total. The van der Waals surface area contributed by atoms with E-state index in [1.165, 1.54) is 12.3 Å². The third kappa shape index (κ3) is 1.33.